The van der Waals surface area contributed by atoms with Gasteiger partial charge in [0.1, 0.15) is 11.6 Å². The van der Waals surface area contributed by atoms with Crippen LogP contribution in [-0.2, 0) is 16.1 Å². The van der Waals surface area contributed by atoms with Crippen LogP contribution in [0, 0.1) is 11.6 Å². The molecule has 0 fully saturated rings. The second kappa shape index (κ2) is 4.84. The number of likely N-dealkylation sites (N-methyl/N-ethyl adjacent to an activating group) is 1. The number of hydrogen-bond donors (Lipinski definition) is 0. The molecule has 1 rings (SSSR count). The van der Waals surface area contributed by atoms with Crippen LogP contribution >= 0.6 is 0 Å². The molecule has 1 aromatic carbocycles. The third-order valence-electron chi connectivity index (χ3n) is 1.98. The lowest BCUT2D eigenvalue weighted by Crippen LogP contribution is -2.27. The van der Waals surface area contributed by atoms with E-state index >= 15 is 0 Å². The zero-order valence-corrected chi connectivity index (χ0v) is 8.46. The zero-order chi connectivity index (χ0) is 11.4. The second-order valence-electron chi connectivity index (χ2n) is 2.99. The van der Waals surface area contributed by atoms with Gasteiger partial charge in [0, 0.05) is 13.1 Å². The van der Waals surface area contributed by atoms with Crippen molar-refractivity contribution in [1.29, 1.82) is 0 Å². The molecule has 0 N–H and O–H groups in total. The van der Waals surface area contributed by atoms with Gasteiger partial charge in [-0.05, 0) is 11.6 Å². The van der Waals surface area contributed by atoms with Crippen molar-refractivity contribution in [3.05, 3.63) is 35.4 Å². The molecule has 0 radical (unpaired) electrons. The van der Waals surface area contributed by atoms with Crippen LogP contribution in [-0.4, -0.2) is 25.1 Å². The molecule has 0 aliphatic carbocycles. The molecule has 0 spiro atoms. The predicted octanol–water partition coefficient (Wildman–Crippen LogP) is 1.53. The fourth-order valence-corrected chi connectivity index (χ4v) is 1.04. The van der Waals surface area contributed by atoms with E-state index in [0.29, 0.717) is 0 Å². The first-order valence-corrected chi connectivity index (χ1v) is 4.29. The molecule has 0 heterocycles. The summed E-state index contributed by atoms with van der Waals surface area (Å²) in [5, 5.41) is 0.989. The van der Waals surface area contributed by atoms with Crippen LogP contribution in [0.4, 0.5) is 8.78 Å². The van der Waals surface area contributed by atoms with E-state index in [1.165, 1.54) is 20.2 Å². The van der Waals surface area contributed by atoms with Gasteiger partial charge in [-0.2, -0.15) is 0 Å². The summed E-state index contributed by atoms with van der Waals surface area (Å²) >= 11 is 0. The van der Waals surface area contributed by atoms with E-state index in [1.54, 1.807) is 0 Å². The van der Waals surface area contributed by atoms with Crippen LogP contribution in [0.5, 0.6) is 0 Å². The van der Waals surface area contributed by atoms with Gasteiger partial charge in [-0.25, -0.2) is 13.8 Å². The summed E-state index contributed by atoms with van der Waals surface area (Å²) in [7, 11) is 2.75. The molecular formula is C10H11F2NO2. The molecule has 0 aliphatic heterocycles. The van der Waals surface area contributed by atoms with Crippen molar-refractivity contribution < 1.29 is 18.4 Å². The minimum absolute atomic E-state index is 0.144. The number of carbonyl (C=O) groups is 1. The second-order valence-corrected chi connectivity index (χ2v) is 2.99. The third kappa shape index (κ3) is 2.99. The van der Waals surface area contributed by atoms with E-state index in [1.807, 2.05) is 0 Å². The molecule has 0 bridgehead atoms. The molecule has 1 aromatic rings. The topological polar surface area (TPSA) is 29.5 Å². The maximum absolute atomic E-state index is 13.1. The maximum atomic E-state index is 13.1. The monoisotopic (exact) mass is 215 g/mol. The molecule has 15 heavy (non-hydrogen) atoms. The number of rotatable bonds is 3. The highest BCUT2D eigenvalue weighted by molar-refractivity contribution is 5.77. The van der Waals surface area contributed by atoms with Crippen molar-refractivity contribution >= 4 is 5.91 Å². The summed E-state index contributed by atoms with van der Waals surface area (Å²) in [5.41, 5.74) is 0.144. The highest BCUT2D eigenvalue weighted by Gasteiger charge is 2.12. The SMILES string of the molecule is CON(C)C(=O)Cc1ccc(F)cc1F. The fourth-order valence-electron chi connectivity index (χ4n) is 1.04. The molecule has 0 aromatic heterocycles. The van der Waals surface area contributed by atoms with Crippen molar-refractivity contribution in [2.45, 2.75) is 6.42 Å². The Bertz CT molecular complexity index is 368. The number of halogens is 2. The Hall–Kier alpha value is -1.49. The Balaban J connectivity index is 2.77. The van der Waals surface area contributed by atoms with E-state index in [0.717, 1.165) is 17.2 Å². The molecule has 5 heteroatoms. The lowest BCUT2D eigenvalue weighted by atomic mass is 10.1. The Labute approximate surface area is 86.2 Å². The van der Waals surface area contributed by atoms with E-state index < -0.39 is 17.5 Å². The van der Waals surface area contributed by atoms with Crippen molar-refractivity contribution in [1.82, 2.24) is 5.06 Å². The van der Waals surface area contributed by atoms with Crippen LogP contribution in [0.1, 0.15) is 5.56 Å². The molecule has 0 atom stereocenters. The fraction of sp³-hybridized carbons (Fsp3) is 0.300. The van der Waals surface area contributed by atoms with E-state index in [2.05, 4.69) is 4.84 Å². The lowest BCUT2D eigenvalue weighted by molar-refractivity contribution is -0.167. The van der Waals surface area contributed by atoms with E-state index in [-0.39, 0.29) is 12.0 Å². The van der Waals surface area contributed by atoms with Crippen LogP contribution in [0.15, 0.2) is 18.2 Å². The molecule has 0 unspecified atom stereocenters. The number of hydrogen-bond acceptors (Lipinski definition) is 2. The minimum Gasteiger partial charge on any atom is -0.275 e. The minimum atomic E-state index is -0.729. The highest BCUT2D eigenvalue weighted by atomic mass is 19.1. The molecule has 82 valence electrons. The average Bonchev–Trinajstić information content (AvgIpc) is 2.20. The van der Waals surface area contributed by atoms with Gasteiger partial charge in [0.15, 0.2) is 0 Å². The molecule has 0 saturated heterocycles. The number of carbonyl (C=O) groups excluding carboxylic acids is 1. The third-order valence-corrected chi connectivity index (χ3v) is 1.98. The quantitative estimate of drug-likeness (QED) is 0.715. The van der Waals surface area contributed by atoms with Gasteiger partial charge in [0.2, 0.25) is 5.91 Å². The van der Waals surface area contributed by atoms with Crippen molar-refractivity contribution in [2.24, 2.45) is 0 Å². The van der Waals surface area contributed by atoms with Crippen molar-refractivity contribution in [3.63, 3.8) is 0 Å². The average molecular weight is 215 g/mol. The smallest absolute Gasteiger partial charge is 0.250 e. The molecular weight excluding hydrogens is 204 g/mol. The largest absolute Gasteiger partial charge is 0.275 e. The summed E-state index contributed by atoms with van der Waals surface area (Å²) in [5.74, 6) is -1.79. The maximum Gasteiger partial charge on any atom is 0.250 e. The zero-order valence-electron chi connectivity index (χ0n) is 8.46. The highest BCUT2D eigenvalue weighted by Crippen LogP contribution is 2.10. The van der Waals surface area contributed by atoms with Gasteiger partial charge in [-0.3, -0.25) is 9.63 Å². The summed E-state index contributed by atoms with van der Waals surface area (Å²) in [4.78, 5) is 16.0. The van der Waals surface area contributed by atoms with Crippen molar-refractivity contribution in [2.75, 3.05) is 14.2 Å². The number of nitrogens with zero attached hydrogens (tertiary/aromatic N) is 1. The standard InChI is InChI=1S/C10H11F2NO2/c1-13(15-2)10(14)5-7-3-4-8(11)6-9(7)12/h3-4,6H,5H2,1-2H3. The van der Waals surface area contributed by atoms with Gasteiger partial charge in [0.05, 0.1) is 13.5 Å². The van der Waals surface area contributed by atoms with Gasteiger partial charge in [0.25, 0.3) is 0 Å². The van der Waals surface area contributed by atoms with E-state index in [9.17, 15) is 13.6 Å². The summed E-state index contributed by atoms with van der Waals surface area (Å²) in [6.45, 7) is 0. The number of hydroxylamine groups is 2. The van der Waals surface area contributed by atoms with Gasteiger partial charge < -0.3 is 0 Å². The van der Waals surface area contributed by atoms with Gasteiger partial charge in [-0.15, -0.1) is 0 Å². The van der Waals surface area contributed by atoms with Crippen LogP contribution < -0.4 is 0 Å². The molecule has 3 nitrogen and oxygen atoms in total. The van der Waals surface area contributed by atoms with Crippen LogP contribution in [0.2, 0.25) is 0 Å². The first-order chi connectivity index (χ1) is 7.04. The molecule has 0 aliphatic rings. The Kier molecular flexibility index (Phi) is 3.74. The van der Waals surface area contributed by atoms with Gasteiger partial charge in [-0.1, -0.05) is 6.07 Å². The first-order valence-electron chi connectivity index (χ1n) is 4.29. The summed E-state index contributed by atoms with van der Waals surface area (Å²) in [6.07, 6.45) is -0.156. The Morgan fingerprint density at radius 2 is 2.13 bits per heavy atom. The predicted molar refractivity (Wildman–Crippen MR) is 49.8 cm³/mol. The number of benzene rings is 1. The number of amides is 1. The Morgan fingerprint density at radius 3 is 2.67 bits per heavy atom. The lowest BCUT2D eigenvalue weighted by Gasteiger charge is -2.13. The summed E-state index contributed by atoms with van der Waals surface area (Å²) < 4.78 is 25.7. The van der Waals surface area contributed by atoms with E-state index in [4.69, 9.17) is 0 Å². The normalized spacial score (nSPS) is 10.1. The first kappa shape index (κ1) is 11.6. The Morgan fingerprint density at radius 1 is 1.47 bits per heavy atom. The van der Waals surface area contributed by atoms with Crippen molar-refractivity contribution in [3.8, 4) is 0 Å². The molecule has 1 amide bonds. The summed E-state index contributed by atoms with van der Waals surface area (Å²) in [6, 6.07) is 3.10. The van der Waals surface area contributed by atoms with Gasteiger partial charge >= 0.3 is 0 Å². The van der Waals surface area contributed by atoms with Crippen LogP contribution in [0.25, 0.3) is 0 Å². The van der Waals surface area contributed by atoms with Crippen LogP contribution in [0.3, 0.4) is 0 Å². The molecule has 0 saturated carbocycles.